The molecule has 5 N–H and O–H groups in total. The smallest absolute Gasteiger partial charge is 0.255 e. The molecule has 0 fully saturated rings. The first-order valence-corrected chi connectivity index (χ1v) is 8.91. The van der Waals surface area contributed by atoms with Gasteiger partial charge in [0.25, 0.3) is 16.8 Å². The highest BCUT2D eigenvalue weighted by Crippen LogP contribution is 2.32. The molecule has 8 heteroatoms. The lowest BCUT2D eigenvalue weighted by atomic mass is 10.1. The molecule has 0 heterocycles. The quantitative estimate of drug-likeness (QED) is 0.306. The fourth-order valence-electron chi connectivity index (χ4n) is 2.67. The van der Waals surface area contributed by atoms with Crippen LogP contribution in [0.25, 0.3) is 0 Å². The molecule has 8 nitrogen and oxygen atoms in total. The minimum atomic E-state index is -0.876. The second-order valence-corrected chi connectivity index (χ2v) is 7.22. The number of amides is 1. The predicted octanol–water partition coefficient (Wildman–Crippen LogP) is 1.98. The Morgan fingerprint density at radius 1 is 0.931 bits per heavy atom. The highest BCUT2D eigenvalue weighted by Gasteiger charge is 2.25. The minimum absolute atomic E-state index is 0.00222. The Morgan fingerprint density at radius 2 is 1.55 bits per heavy atom. The molecule has 150 valence electrons. The molecule has 0 aliphatic rings. The fourth-order valence-corrected chi connectivity index (χ4v) is 2.67. The molecular weight excluding hydrogens is 374 g/mol. The average molecular weight is 395 g/mol. The molecule has 1 amide bonds. The van der Waals surface area contributed by atoms with Crippen molar-refractivity contribution in [1.82, 2.24) is 5.32 Å². The lowest BCUT2D eigenvalue weighted by molar-refractivity contribution is 0.0867. The zero-order valence-electron chi connectivity index (χ0n) is 15.9. The number of hydrogen-bond acceptors (Lipinski definition) is 7. The van der Waals surface area contributed by atoms with E-state index in [4.69, 9.17) is 0 Å². The van der Waals surface area contributed by atoms with Crippen molar-refractivity contribution >= 4 is 28.7 Å². The Labute approximate surface area is 166 Å². The van der Waals surface area contributed by atoms with Gasteiger partial charge in [0.1, 0.15) is 11.4 Å². The van der Waals surface area contributed by atoms with Gasteiger partial charge < -0.3 is 26.2 Å². The van der Waals surface area contributed by atoms with Crippen molar-refractivity contribution in [3.8, 4) is 5.75 Å². The van der Waals surface area contributed by atoms with Crippen LogP contribution in [0.15, 0.2) is 58.1 Å². The Kier molecular flexibility index (Phi) is 5.38. The Bertz CT molecular complexity index is 1120. The van der Waals surface area contributed by atoms with E-state index in [9.17, 15) is 24.6 Å². The van der Waals surface area contributed by atoms with Crippen LogP contribution < -0.4 is 26.8 Å². The van der Waals surface area contributed by atoms with Crippen LogP contribution in [0.5, 0.6) is 5.75 Å². The third-order valence-electron chi connectivity index (χ3n) is 4.34. The van der Waals surface area contributed by atoms with Gasteiger partial charge in [0.2, 0.25) is 0 Å². The van der Waals surface area contributed by atoms with Gasteiger partial charge >= 0.3 is 0 Å². The van der Waals surface area contributed by atoms with Gasteiger partial charge in [-0.2, -0.15) is 0 Å². The van der Waals surface area contributed by atoms with E-state index < -0.39 is 22.3 Å². The molecule has 3 rings (SSSR count). The molecule has 0 spiro atoms. The molecule has 0 aromatic heterocycles. The van der Waals surface area contributed by atoms with Gasteiger partial charge in [-0.25, -0.2) is 0 Å². The minimum Gasteiger partial charge on any atom is -0.505 e. The van der Waals surface area contributed by atoms with Crippen LogP contribution in [0.4, 0.5) is 22.7 Å². The van der Waals surface area contributed by atoms with Gasteiger partial charge in [0, 0.05) is 5.69 Å². The van der Waals surface area contributed by atoms with Gasteiger partial charge in [-0.1, -0.05) is 24.3 Å². The normalized spacial score (nSPS) is 11.3. The first-order chi connectivity index (χ1) is 13.7. The number of aromatic hydroxyl groups is 1. The molecule has 0 unspecified atom stereocenters. The van der Waals surface area contributed by atoms with Crippen LogP contribution in [0, 0.1) is 0 Å². The number of phenolic OH excluding ortho intramolecular Hbond substituents is 1. The van der Waals surface area contributed by atoms with E-state index in [0.29, 0.717) is 5.69 Å². The predicted molar refractivity (Wildman–Crippen MR) is 111 cm³/mol. The van der Waals surface area contributed by atoms with Crippen molar-refractivity contribution in [1.29, 1.82) is 0 Å². The van der Waals surface area contributed by atoms with E-state index in [1.54, 1.807) is 38.1 Å². The topological polar surface area (TPSA) is 128 Å². The number of anilines is 4. The zero-order valence-corrected chi connectivity index (χ0v) is 15.9. The summed E-state index contributed by atoms with van der Waals surface area (Å²) >= 11 is 0. The summed E-state index contributed by atoms with van der Waals surface area (Å²) in [7, 11) is 0. The van der Waals surface area contributed by atoms with Crippen molar-refractivity contribution < 1.29 is 15.0 Å². The largest absolute Gasteiger partial charge is 0.505 e. The summed E-state index contributed by atoms with van der Waals surface area (Å²) in [4.78, 5) is 36.4. The standard InChI is InChI=1S/C21H21N3O5/c1-21(2,11-25)24-20(29)13-9-6-10-14(17(13)26)23-16-15(18(27)19(16)28)22-12-7-4-3-5-8-12/h3-10,22-23,25-26H,11H2,1-2H3,(H,24,29). The lowest BCUT2D eigenvalue weighted by Crippen LogP contribution is -2.46. The summed E-state index contributed by atoms with van der Waals surface area (Å²) in [5, 5.41) is 28.0. The van der Waals surface area contributed by atoms with Crippen LogP contribution in [-0.2, 0) is 0 Å². The highest BCUT2D eigenvalue weighted by atomic mass is 16.3. The monoisotopic (exact) mass is 395 g/mol. The van der Waals surface area contributed by atoms with Gasteiger partial charge in [-0.05, 0) is 38.1 Å². The van der Waals surface area contributed by atoms with E-state index in [1.807, 2.05) is 6.07 Å². The number of carbonyl (C=O) groups is 1. The second-order valence-electron chi connectivity index (χ2n) is 7.22. The van der Waals surface area contributed by atoms with E-state index in [2.05, 4.69) is 16.0 Å². The number of carbonyl (C=O) groups excluding carboxylic acids is 1. The van der Waals surface area contributed by atoms with Crippen molar-refractivity contribution in [2.75, 3.05) is 17.2 Å². The number of nitrogens with one attached hydrogen (secondary N) is 3. The van der Waals surface area contributed by atoms with E-state index >= 15 is 0 Å². The number of para-hydroxylation sites is 2. The Hall–Kier alpha value is -3.65. The third kappa shape index (κ3) is 4.12. The molecule has 0 saturated carbocycles. The SMILES string of the molecule is CC(C)(CO)NC(=O)c1cccc(Nc2c(Nc3ccccc3)c(=O)c2=O)c1O. The van der Waals surface area contributed by atoms with Crippen LogP contribution in [-0.4, -0.2) is 28.3 Å². The Balaban J connectivity index is 1.87. The molecule has 0 bridgehead atoms. The summed E-state index contributed by atoms with van der Waals surface area (Å²) < 4.78 is 0. The van der Waals surface area contributed by atoms with Crippen molar-refractivity contribution in [3.05, 3.63) is 74.5 Å². The summed E-state index contributed by atoms with van der Waals surface area (Å²) in [6.07, 6.45) is 0. The summed E-state index contributed by atoms with van der Waals surface area (Å²) in [6, 6.07) is 13.3. The van der Waals surface area contributed by atoms with Crippen molar-refractivity contribution in [3.63, 3.8) is 0 Å². The van der Waals surface area contributed by atoms with Gasteiger partial charge in [-0.3, -0.25) is 14.4 Å². The molecule has 0 radical (unpaired) electrons. The van der Waals surface area contributed by atoms with Crippen molar-refractivity contribution in [2.24, 2.45) is 0 Å². The number of benzene rings is 2. The molecule has 0 aliphatic carbocycles. The first-order valence-electron chi connectivity index (χ1n) is 8.91. The molecule has 29 heavy (non-hydrogen) atoms. The molecule has 0 atom stereocenters. The summed E-state index contributed by atoms with van der Waals surface area (Å²) in [5.74, 6) is -0.963. The van der Waals surface area contributed by atoms with Crippen molar-refractivity contribution in [2.45, 2.75) is 19.4 Å². The van der Waals surface area contributed by atoms with Gasteiger partial charge in [0.05, 0.1) is 23.4 Å². The highest BCUT2D eigenvalue weighted by molar-refractivity contribution is 5.99. The molecule has 3 aromatic rings. The summed E-state index contributed by atoms with van der Waals surface area (Å²) in [6.45, 7) is 2.99. The first kappa shape index (κ1) is 20.1. The maximum atomic E-state index is 12.4. The number of phenols is 1. The summed E-state index contributed by atoms with van der Waals surface area (Å²) in [5.41, 5.74) is -1.49. The number of rotatable bonds is 7. The van der Waals surface area contributed by atoms with Crippen LogP contribution >= 0.6 is 0 Å². The van der Waals surface area contributed by atoms with Crippen LogP contribution in [0.1, 0.15) is 24.2 Å². The average Bonchev–Trinajstić information content (AvgIpc) is 2.71. The van der Waals surface area contributed by atoms with E-state index in [0.717, 1.165) is 0 Å². The zero-order chi connectivity index (χ0) is 21.2. The Morgan fingerprint density at radius 3 is 2.17 bits per heavy atom. The van der Waals surface area contributed by atoms with Crippen LogP contribution in [0.2, 0.25) is 0 Å². The second kappa shape index (κ2) is 7.76. The van der Waals surface area contributed by atoms with E-state index in [-0.39, 0.29) is 35.0 Å². The molecular formula is C21H21N3O5. The number of aliphatic hydroxyl groups is 1. The number of aliphatic hydroxyl groups excluding tert-OH is 1. The maximum Gasteiger partial charge on any atom is 0.255 e. The van der Waals surface area contributed by atoms with Crippen LogP contribution in [0.3, 0.4) is 0 Å². The van der Waals surface area contributed by atoms with E-state index in [1.165, 1.54) is 18.2 Å². The number of hydrogen-bond donors (Lipinski definition) is 5. The molecule has 0 aliphatic heterocycles. The third-order valence-corrected chi connectivity index (χ3v) is 4.34. The maximum absolute atomic E-state index is 12.4. The van der Waals surface area contributed by atoms with Gasteiger partial charge in [-0.15, -0.1) is 0 Å². The molecule has 3 aromatic carbocycles. The molecule has 0 saturated heterocycles. The van der Waals surface area contributed by atoms with Gasteiger partial charge in [0.15, 0.2) is 5.75 Å². The fraction of sp³-hybridized carbons (Fsp3) is 0.190. The lowest BCUT2D eigenvalue weighted by Gasteiger charge is -2.24.